The maximum atomic E-state index is 12.9. The van der Waals surface area contributed by atoms with Crippen molar-refractivity contribution in [3.63, 3.8) is 0 Å². The van der Waals surface area contributed by atoms with Gasteiger partial charge in [0.15, 0.2) is 0 Å². The Morgan fingerprint density at radius 1 is 1.33 bits per heavy atom. The molecule has 0 atom stereocenters. The minimum Gasteiger partial charge on any atom is -0.326 e. The summed E-state index contributed by atoms with van der Waals surface area (Å²) in [7, 11) is 1.77. The second-order valence-electron chi connectivity index (χ2n) is 6.55. The topological polar surface area (TPSA) is 61.8 Å². The number of nitrogens with zero attached hydrogens (tertiary/aromatic N) is 2. The Morgan fingerprint density at radius 2 is 1.96 bits per heavy atom. The molecule has 1 aliphatic heterocycles. The molecule has 2 amide bonds. The first-order valence-electron chi connectivity index (χ1n) is 8.38. The minimum atomic E-state index is -0.660. The molecule has 1 spiro atoms. The lowest BCUT2D eigenvalue weighted by atomic mass is 9.76. The Hall–Kier alpha value is -2.24. The summed E-state index contributed by atoms with van der Waals surface area (Å²) in [6.45, 7) is 1.99. The summed E-state index contributed by atoms with van der Waals surface area (Å²) in [5, 5.41) is 2.82. The van der Waals surface area contributed by atoms with Crippen LogP contribution in [0.2, 0.25) is 0 Å². The molecule has 1 fully saturated rings. The average Bonchev–Trinajstić information content (AvgIpc) is 2.82. The van der Waals surface area contributed by atoms with Crippen molar-refractivity contribution in [2.75, 3.05) is 12.4 Å². The highest BCUT2D eigenvalue weighted by molar-refractivity contribution is 6.08. The van der Waals surface area contributed by atoms with E-state index in [9.17, 15) is 14.0 Å². The molecule has 1 N–H and O–H groups in total. The maximum absolute atomic E-state index is 12.9. The number of carbonyl (C=O) groups is 2. The fraction of sp³-hybridized carbons (Fsp3) is 0.500. The zero-order valence-electron chi connectivity index (χ0n) is 14.0. The molecule has 5 nitrogen and oxygen atoms in total. The molecule has 0 aromatic heterocycles. The van der Waals surface area contributed by atoms with E-state index in [1.54, 1.807) is 24.1 Å². The van der Waals surface area contributed by atoms with Crippen LogP contribution in [-0.2, 0) is 9.59 Å². The van der Waals surface area contributed by atoms with Gasteiger partial charge in [-0.1, -0.05) is 6.92 Å². The van der Waals surface area contributed by atoms with Crippen molar-refractivity contribution in [2.45, 2.75) is 44.6 Å². The lowest BCUT2D eigenvalue weighted by Crippen LogP contribution is -2.44. The van der Waals surface area contributed by atoms with Crippen molar-refractivity contribution in [1.29, 1.82) is 0 Å². The number of halogens is 1. The molecule has 3 rings (SSSR count). The smallest absolute Gasteiger partial charge is 0.255 e. The monoisotopic (exact) mass is 331 g/mol. The van der Waals surface area contributed by atoms with Crippen molar-refractivity contribution < 1.29 is 14.0 Å². The third-order valence-electron chi connectivity index (χ3n) is 5.04. The first-order valence-corrected chi connectivity index (χ1v) is 8.38. The number of amides is 2. The van der Waals surface area contributed by atoms with Crippen LogP contribution in [0.5, 0.6) is 0 Å². The van der Waals surface area contributed by atoms with Crippen LogP contribution in [-0.4, -0.2) is 35.1 Å². The van der Waals surface area contributed by atoms with Gasteiger partial charge < -0.3 is 10.2 Å². The summed E-state index contributed by atoms with van der Waals surface area (Å²) in [5.41, 5.74) is -0.0723. The molecule has 0 unspecified atom stereocenters. The predicted octanol–water partition coefficient (Wildman–Crippen LogP) is 2.97. The van der Waals surface area contributed by atoms with Crippen LogP contribution in [0.1, 0.15) is 39.0 Å². The van der Waals surface area contributed by atoms with E-state index >= 15 is 0 Å². The zero-order valence-corrected chi connectivity index (χ0v) is 14.0. The third-order valence-corrected chi connectivity index (χ3v) is 5.04. The Labute approximate surface area is 140 Å². The highest BCUT2D eigenvalue weighted by atomic mass is 19.1. The number of rotatable bonds is 3. The van der Waals surface area contributed by atoms with Crippen LogP contribution in [0.3, 0.4) is 0 Å². The number of amidine groups is 1. The van der Waals surface area contributed by atoms with Crippen molar-refractivity contribution in [1.82, 2.24) is 4.90 Å². The van der Waals surface area contributed by atoms with E-state index in [-0.39, 0.29) is 23.5 Å². The second-order valence-corrected chi connectivity index (χ2v) is 6.55. The molecule has 1 heterocycles. The predicted molar refractivity (Wildman–Crippen MR) is 90.2 cm³/mol. The Kier molecular flexibility index (Phi) is 4.39. The van der Waals surface area contributed by atoms with Gasteiger partial charge >= 0.3 is 0 Å². The number of anilines is 1. The molecule has 1 aliphatic carbocycles. The van der Waals surface area contributed by atoms with Gasteiger partial charge in [0.1, 0.15) is 17.2 Å². The molecule has 24 heavy (non-hydrogen) atoms. The standard InChI is InChI=1S/C18H22FN3O2/c1-3-15-21-18(17(24)22(15)2)10-8-12(9-11-18)16(23)20-14-6-4-13(19)5-7-14/h4-7,12H,3,8-11H2,1-2H3,(H,20,23). The highest BCUT2D eigenvalue weighted by Crippen LogP contribution is 2.40. The van der Waals surface area contributed by atoms with E-state index in [0.717, 1.165) is 12.3 Å². The largest absolute Gasteiger partial charge is 0.326 e. The number of nitrogens with one attached hydrogen (secondary N) is 1. The first kappa shape index (κ1) is 16.6. The fourth-order valence-corrected chi connectivity index (χ4v) is 3.58. The van der Waals surface area contributed by atoms with Crippen LogP contribution in [0.4, 0.5) is 10.1 Å². The fourth-order valence-electron chi connectivity index (χ4n) is 3.58. The van der Waals surface area contributed by atoms with Gasteiger partial charge in [-0.25, -0.2) is 4.39 Å². The van der Waals surface area contributed by atoms with E-state index in [1.807, 2.05) is 6.92 Å². The van der Waals surface area contributed by atoms with E-state index in [4.69, 9.17) is 0 Å². The van der Waals surface area contributed by atoms with Gasteiger partial charge in [0.25, 0.3) is 5.91 Å². The molecule has 0 bridgehead atoms. The van der Waals surface area contributed by atoms with Crippen LogP contribution in [0.25, 0.3) is 0 Å². The second kappa shape index (κ2) is 6.34. The number of aliphatic imine (C=N–C) groups is 1. The number of hydrogen-bond donors (Lipinski definition) is 1. The Morgan fingerprint density at radius 3 is 2.50 bits per heavy atom. The minimum absolute atomic E-state index is 0.0525. The van der Waals surface area contributed by atoms with Gasteiger partial charge in [0.05, 0.1) is 0 Å². The van der Waals surface area contributed by atoms with Crippen LogP contribution in [0, 0.1) is 11.7 Å². The summed E-state index contributed by atoms with van der Waals surface area (Å²) in [5.74, 6) is 0.335. The summed E-state index contributed by atoms with van der Waals surface area (Å²) < 4.78 is 12.9. The highest BCUT2D eigenvalue weighted by Gasteiger charge is 2.49. The molecular weight excluding hydrogens is 309 g/mol. The molecule has 1 aromatic carbocycles. The maximum Gasteiger partial charge on any atom is 0.255 e. The molecule has 1 saturated carbocycles. The van der Waals surface area contributed by atoms with Gasteiger partial charge in [-0.15, -0.1) is 0 Å². The first-order chi connectivity index (χ1) is 11.4. The number of carbonyl (C=O) groups excluding carboxylic acids is 2. The van der Waals surface area contributed by atoms with E-state index < -0.39 is 5.54 Å². The molecule has 128 valence electrons. The normalized spacial score (nSPS) is 26.6. The lowest BCUT2D eigenvalue weighted by Gasteiger charge is -2.32. The number of likely N-dealkylation sites (N-methyl/N-ethyl adjacent to an activating group) is 1. The molecule has 0 radical (unpaired) electrons. The molecule has 0 saturated heterocycles. The van der Waals surface area contributed by atoms with Gasteiger partial charge in [0, 0.05) is 25.1 Å². The van der Waals surface area contributed by atoms with Crippen LogP contribution < -0.4 is 5.32 Å². The quantitative estimate of drug-likeness (QED) is 0.925. The van der Waals surface area contributed by atoms with E-state index in [0.29, 0.717) is 31.4 Å². The molecule has 6 heteroatoms. The summed E-state index contributed by atoms with van der Waals surface area (Å²) in [4.78, 5) is 31.2. The SMILES string of the molecule is CCC1=NC2(CCC(C(=O)Nc3ccc(F)cc3)CC2)C(=O)N1C. The zero-order chi connectivity index (χ0) is 17.3. The molecule has 1 aromatic rings. The van der Waals surface area contributed by atoms with Gasteiger partial charge in [-0.05, 0) is 49.9 Å². The van der Waals surface area contributed by atoms with Crippen molar-refractivity contribution in [2.24, 2.45) is 10.9 Å². The Bertz CT molecular complexity index is 676. The molecule has 2 aliphatic rings. The summed E-state index contributed by atoms with van der Waals surface area (Å²) in [6, 6.07) is 5.73. The average molecular weight is 331 g/mol. The Balaban J connectivity index is 1.63. The van der Waals surface area contributed by atoms with E-state index in [1.165, 1.54) is 12.1 Å². The molecular formula is C18H22FN3O2. The van der Waals surface area contributed by atoms with Gasteiger partial charge in [-0.3, -0.25) is 14.6 Å². The van der Waals surface area contributed by atoms with Crippen LogP contribution >= 0.6 is 0 Å². The van der Waals surface area contributed by atoms with Gasteiger partial charge in [0.2, 0.25) is 5.91 Å². The number of benzene rings is 1. The van der Waals surface area contributed by atoms with Crippen LogP contribution in [0.15, 0.2) is 29.3 Å². The summed E-state index contributed by atoms with van der Waals surface area (Å²) in [6.07, 6.45) is 3.20. The van der Waals surface area contributed by atoms with E-state index in [2.05, 4.69) is 10.3 Å². The third kappa shape index (κ3) is 2.92. The van der Waals surface area contributed by atoms with Crippen molar-refractivity contribution in [3.8, 4) is 0 Å². The van der Waals surface area contributed by atoms with Crippen molar-refractivity contribution >= 4 is 23.3 Å². The van der Waals surface area contributed by atoms with Gasteiger partial charge in [-0.2, -0.15) is 0 Å². The lowest BCUT2D eigenvalue weighted by molar-refractivity contribution is -0.133. The number of hydrogen-bond acceptors (Lipinski definition) is 3. The van der Waals surface area contributed by atoms with Crippen molar-refractivity contribution in [3.05, 3.63) is 30.1 Å². The summed E-state index contributed by atoms with van der Waals surface area (Å²) >= 11 is 0.